The third-order valence-corrected chi connectivity index (χ3v) is 4.15. The fraction of sp³-hybridized carbons (Fsp3) is 0.500. The molecule has 1 aromatic rings. The second kappa shape index (κ2) is 9.99. The van der Waals surface area contributed by atoms with Crippen molar-refractivity contribution in [3.8, 4) is 11.5 Å². The number of carboxylic acid groups (broad SMARTS) is 1. The summed E-state index contributed by atoms with van der Waals surface area (Å²) < 4.78 is 10.4. The van der Waals surface area contributed by atoms with Gasteiger partial charge in [0.2, 0.25) is 5.91 Å². The van der Waals surface area contributed by atoms with Crippen molar-refractivity contribution in [3.63, 3.8) is 0 Å². The van der Waals surface area contributed by atoms with E-state index in [-0.39, 0.29) is 17.6 Å². The lowest BCUT2D eigenvalue weighted by Crippen LogP contribution is -2.32. The lowest BCUT2D eigenvalue weighted by molar-refractivity contribution is -0.133. The smallest absolute Gasteiger partial charge is 0.313 e. The molecule has 0 saturated heterocycles. The van der Waals surface area contributed by atoms with Crippen LogP contribution in [0.5, 0.6) is 11.5 Å². The van der Waals surface area contributed by atoms with Gasteiger partial charge in [-0.15, -0.1) is 11.8 Å². The van der Waals surface area contributed by atoms with Crippen LogP contribution in [-0.4, -0.2) is 49.3 Å². The largest absolute Gasteiger partial charge is 0.493 e. The number of aliphatic carboxylic acids is 1. The van der Waals surface area contributed by atoms with Gasteiger partial charge in [0.1, 0.15) is 0 Å². The number of methoxy groups -OCH3 is 2. The minimum atomic E-state index is -0.844. The third-order valence-electron chi connectivity index (χ3n) is 3.21. The Hall–Kier alpha value is -1.89. The van der Waals surface area contributed by atoms with Gasteiger partial charge in [0.05, 0.1) is 20.0 Å². The lowest BCUT2D eigenvalue weighted by Gasteiger charge is -2.14. The van der Waals surface area contributed by atoms with Gasteiger partial charge in [-0.05, 0) is 24.1 Å². The van der Waals surface area contributed by atoms with Crippen molar-refractivity contribution in [2.45, 2.75) is 13.3 Å². The van der Waals surface area contributed by atoms with E-state index >= 15 is 0 Å². The number of nitrogens with one attached hydrogen (secondary N) is 1. The van der Waals surface area contributed by atoms with Gasteiger partial charge in [0.15, 0.2) is 11.5 Å². The van der Waals surface area contributed by atoms with Crippen molar-refractivity contribution >= 4 is 23.6 Å². The molecule has 0 bridgehead atoms. The van der Waals surface area contributed by atoms with Crippen LogP contribution in [0.1, 0.15) is 12.5 Å². The number of hydrogen-bond donors (Lipinski definition) is 2. The lowest BCUT2D eigenvalue weighted by atomic mass is 10.00. The fourth-order valence-corrected chi connectivity index (χ4v) is 2.60. The molecule has 1 unspecified atom stereocenters. The summed E-state index contributed by atoms with van der Waals surface area (Å²) in [7, 11) is 3.16. The van der Waals surface area contributed by atoms with Crippen molar-refractivity contribution in [3.05, 3.63) is 23.8 Å². The second-order valence-corrected chi connectivity index (χ2v) is 6.14. The van der Waals surface area contributed by atoms with E-state index in [1.165, 1.54) is 11.8 Å². The zero-order chi connectivity index (χ0) is 17.2. The Kier molecular flexibility index (Phi) is 8.32. The Bertz CT molecular complexity index is 535. The maximum Gasteiger partial charge on any atom is 0.313 e. The van der Waals surface area contributed by atoms with Crippen LogP contribution < -0.4 is 14.8 Å². The van der Waals surface area contributed by atoms with Crippen molar-refractivity contribution in [2.24, 2.45) is 5.92 Å². The molecule has 1 atom stereocenters. The van der Waals surface area contributed by atoms with Crippen LogP contribution in [0.25, 0.3) is 0 Å². The minimum Gasteiger partial charge on any atom is -0.493 e. The highest BCUT2D eigenvalue weighted by molar-refractivity contribution is 7.99. The quantitative estimate of drug-likeness (QED) is 0.632. The molecule has 0 aliphatic heterocycles. The summed E-state index contributed by atoms with van der Waals surface area (Å²) in [6.07, 6.45) is 0.592. The monoisotopic (exact) mass is 341 g/mol. The molecular formula is C16H23NO5S. The van der Waals surface area contributed by atoms with E-state index in [2.05, 4.69) is 5.32 Å². The SMILES string of the molecule is COc1ccc(CC(C)C(=O)NCCSCC(=O)O)cc1OC. The summed E-state index contributed by atoms with van der Waals surface area (Å²) in [4.78, 5) is 22.4. The Labute approximate surface area is 140 Å². The number of hydrogen-bond acceptors (Lipinski definition) is 5. The standard InChI is InChI=1S/C16H23NO5S/c1-11(16(20)17-6-7-23-10-15(18)19)8-12-4-5-13(21-2)14(9-12)22-3/h4-5,9,11H,6-8,10H2,1-3H3,(H,17,20)(H,18,19). The second-order valence-electron chi connectivity index (χ2n) is 5.03. The molecule has 7 heteroatoms. The van der Waals surface area contributed by atoms with Gasteiger partial charge in [-0.2, -0.15) is 0 Å². The van der Waals surface area contributed by atoms with Gasteiger partial charge in [-0.25, -0.2) is 0 Å². The molecule has 1 rings (SSSR count). The highest BCUT2D eigenvalue weighted by Crippen LogP contribution is 2.28. The normalized spacial score (nSPS) is 11.6. The average molecular weight is 341 g/mol. The maximum atomic E-state index is 12.0. The number of carbonyl (C=O) groups is 2. The molecular weight excluding hydrogens is 318 g/mol. The Balaban J connectivity index is 2.44. The van der Waals surface area contributed by atoms with Crippen LogP contribution in [0.3, 0.4) is 0 Å². The minimum absolute atomic E-state index is 0.0456. The molecule has 0 fully saturated rings. The predicted molar refractivity (Wildman–Crippen MR) is 90.4 cm³/mol. The Morgan fingerprint density at radius 3 is 2.57 bits per heavy atom. The molecule has 6 nitrogen and oxygen atoms in total. The van der Waals surface area contributed by atoms with E-state index in [0.717, 1.165) is 5.56 Å². The summed E-state index contributed by atoms with van der Waals surface area (Å²) in [5.74, 6) is 0.862. The molecule has 0 aromatic heterocycles. The van der Waals surface area contributed by atoms with Crippen LogP contribution in [-0.2, 0) is 16.0 Å². The number of carbonyl (C=O) groups excluding carboxylic acids is 1. The number of ether oxygens (including phenoxy) is 2. The van der Waals surface area contributed by atoms with Gasteiger partial charge in [0.25, 0.3) is 0 Å². The number of rotatable bonds is 10. The summed E-state index contributed by atoms with van der Waals surface area (Å²) in [5.41, 5.74) is 0.991. The van der Waals surface area contributed by atoms with Gasteiger partial charge < -0.3 is 19.9 Å². The molecule has 0 heterocycles. The number of thioether (sulfide) groups is 1. The molecule has 1 amide bonds. The topological polar surface area (TPSA) is 84.9 Å². The Morgan fingerprint density at radius 1 is 1.26 bits per heavy atom. The maximum absolute atomic E-state index is 12.0. The number of carboxylic acids is 1. The first-order chi connectivity index (χ1) is 11.0. The molecule has 23 heavy (non-hydrogen) atoms. The first-order valence-electron chi connectivity index (χ1n) is 7.26. The van der Waals surface area contributed by atoms with Crippen molar-refractivity contribution in [2.75, 3.05) is 32.3 Å². The van der Waals surface area contributed by atoms with E-state index < -0.39 is 5.97 Å². The van der Waals surface area contributed by atoms with E-state index in [1.54, 1.807) is 14.2 Å². The van der Waals surface area contributed by atoms with Crippen LogP contribution >= 0.6 is 11.8 Å². The Morgan fingerprint density at radius 2 is 1.96 bits per heavy atom. The van der Waals surface area contributed by atoms with Crippen molar-refractivity contribution < 1.29 is 24.2 Å². The molecule has 1 aromatic carbocycles. The zero-order valence-electron chi connectivity index (χ0n) is 13.6. The fourth-order valence-electron chi connectivity index (χ4n) is 2.03. The predicted octanol–water partition coefficient (Wildman–Crippen LogP) is 1.82. The first-order valence-corrected chi connectivity index (χ1v) is 8.41. The van der Waals surface area contributed by atoms with Gasteiger partial charge in [0, 0.05) is 18.2 Å². The van der Waals surface area contributed by atoms with Crippen LogP contribution in [0, 0.1) is 5.92 Å². The summed E-state index contributed by atoms with van der Waals surface area (Å²) in [5, 5.41) is 11.3. The van der Waals surface area contributed by atoms with Crippen molar-refractivity contribution in [1.29, 1.82) is 0 Å². The first kappa shape index (κ1) is 19.2. The van der Waals surface area contributed by atoms with E-state index in [9.17, 15) is 9.59 Å². The molecule has 2 N–H and O–H groups in total. The number of benzene rings is 1. The van der Waals surface area contributed by atoms with Crippen LogP contribution in [0.4, 0.5) is 0 Å². The third kappa shape index (κ3) is 6.81. The van der Waals surface area contributed by atoms with E-state index in [1.807, 2.05) is 25.1 Å². The number of amides is 1. The summed E-state index contributed by atoms with van der Waals surface area (Å²) in [6, 6.07) is 5.60. The van der Waals surface area contributed by atoms with Gasteiger partial charge in [-0.1, -0.05) is 13.0 Å². The zero-order valence-corrected chi connectivity index (χ0v) is 14.4. The van der Waals surface area contributed by atoms with E-state index in [4.69, 9.17) is 14.6 Å². The molecule has 0 aliphatic carbocycles. The highest BCUT2D eigenvalue weighted by atomic mass is 32.2. The van der Waals surface area contributed by atoms with Crippen LogP contribution in [0.2, 0.25) is 0 Å². The molecule has 128 valence electrons. The highest BCUT2D eigenvalue weighted by Gasteiger charge is 2.14. The van der Waals surface area contributed by atoms with Gasteiger partial charge in [-0.3, -0.25) is 9.59 Å². The molecule has 0 radical (unpaired) electrons. The van der Waals surface area contributed by atoms with Crippen LogP contribution in [0.15, 0.2) is 18.2 Å². The average Bonchev–Trinajstić information content (AvgIpc) is 2.53. The molecule has 0 saturated carbocycles. The van der Waals surface area contributed by atoms with Crippen molar-refractivity contribution in [1.82, 2.24) is 5.32 Å². The summed E-state index contributed by atoms with van der Waals surface area (Å²) >= 11 is 1.28. The van der Waals surface area contributed by atoms with E-state index in [0.29, 0.717) is 30.2 Å². The van der Waals surface area contributed by atoms with Gasteiger partial charge >= 0.3 is 5.97 Å². The molecule has 0 aliphatic rings. The summed E-state index contributed by atoms with van der Waals surface area (Å²) in [6.45, 7) is 2.32. The molecule has 0 spiro atoms.